The average molecular weight is 990 g/mol. The molecule has 0 fully saturated rings. The predicted molar refractivity (Wildman–Crippen MR) is 289 cm³/mol. The van der Waals surface area contributed by atoms with Crippen LogP contribution in [-0.2, 0) is 38.2 Å². The van der Waals surface area contributed by atoms with Crippen LogP contribution in [0.15, 0.2) is 91.0 Å². The minimum Gasteiger partial charge on any atom is -0.462 e. The molecule has 0 spiro atoms. The Bertz CT molecular complexity index is 1650. The van der Waals surface area contributed by atoms with Gasteiger partial charge in [0.05, 0.1) is 18.8 Å². The van der Waals surface area contributed by atoms with Crippen LogP contribution in [0.2, 0.25) is 0 Å². The van der Waals surface area contributed by atoms with Gasteiger partial charge < -0.3 is 14.4 Å². The number of carbonyl (C=O) groups excluding carboxylic acids is 2. The monoisotopic (exact) mass is 990 g/mol. The lowest BCUT2D eigenvalue weighted by Crippen LogP contribution is -2.46. The van der Waals surface area contributed by atoms with Gasteiger partial charge in [0.15, 0.2) is 6.10 Å². The van der Waals surface area contributed by atoms with Gasteiger partial charge in [0.1, 0.15) is 6.61 Å². The highest BCUT2D eigenvalue weighted by Crippen LogP contribution is 2.43. The molecule has 0 aliphatic heterocycles. The molecule has 0 radical (unpaired) electrons. The van der Waals surface area contributed by atoms with E-state index in [9.17, 15) is 19.0 Å². The third-order valence-corrected chi connectivity index (χ3v) is 14.5. The topological polar surface area (TPSA) is 120 Å². The lowest BCUT2D eigenvalue weighted by molar-refractivity contribution is -0.161. The normalized spacial score (nSPS) is 13.0. The van der Waals surface area contributed by atoms with Crippen LogP contribution >= 0.6 is 7.82 Å². The molecule has 10 heteroatoms. The van der Waals surface area contributed by atoms with Gasteiger partial charge in [0.2, 0.25) is 0 Å². The number of ether oxygens (including phenoxy) is 2. The molecule has 0 aliphatic rings. The lowest BCUT2D eigenvalue weighted by Gasteiger charge is -2.37. The molecule has 70 heavy (non-hydrogen) atoms. The fraction of sp³-hybridized carbons (Fsp3) is 0.667. The Hall–Kier alpha value is -3.33. The van der Waals surface area contributed by atoms with Gasteiger partial charge >= 0.3 is 19.8 Å². The summed E-state index contributed by atoms with van der Waals surface area (Å²) in [4.78, 5) is 36.7. The van der Waals surface area contributed by atoms with Crippen molar-refractivity contribution in [3.05, 3.63) is 108 Å². The Morgan fingerprint density at radius 1 is 0.471 bits per heavy atom. The second kappa shape index (κ2) is 40.2. The van der Waals surface area contributed by atoms with E-state index >= 15 is 0 Å². The number of hydrogen-bond acceptors (Lipinski definition) is 8. The van der Waals surface area contributed by atoms with Gasteiger partial charge in [-0.2, -0.15) is 0 Å². The number of nitrogens with one attached hydrogen (secondary N) is 1. The molecule has 0 amide bonds. The SMILES string of the molecule is CCCCCCCCCCCCCCCCCC(=O)OC[C@H](COP(=O)(O)OCCNC(c1ccccc1)(c1ccccc1)c1ccccc1)OC(=O)CCCCCCCCCCCCCCCCC. The fourth-order valence-corrected chi connectivity index (χ4v) is 10.1. The first-order valence-corrected chi connectivity index (χ1v) is 29.7. The number of esters is 2. The molecule has 3 aromatic carbocycles. The van der Waals surface area contributed by atoms with Crippen molar-refractivity contribution in [1.29, 1.82) is 0 Å². The summed E-state index contributed by atoms with van der Waals surface area (Å²) in [5.74, 6) is -0.829. The molecule has 0 bridgehead atoms. The van der Waals surface area contributed by atoms with Crippen LogP contribution in [0.1, 0.15) is 236 Å². The third kappa shape index (κ3) is 28.1. The van der Waals surface area contributed by atoms with Crippen LogP contribution in [0.3, 0.4) is 0 Å². The first-order valence-electron chi connectivity index (χ1n) is 28.2. The van der Waals surface area contributed by atoms with Crippen molar-refractivity contribution < 1.29 is 37.6 Å². The highest BCUT2D eigenvalue weighted by Gasteiger charge is 2.36. The van der Waals surface area contributed by atoms with Crippen LogP contribution in [-0.4, -0.2) is 49.3 Å². The van der Waals surface area contributed by atoms with Crippen LogP contribution in [0.25, 0.3) is 0 Å². The molecule has 0 saturated carbocycles. The Morgan fingerprint density at radius 3 is 1.16 bits per heavy atom. The maximum Gasteiger partial charge on any atom is 0.472 e. The van der Waals surface area contributed by atoms with E-state index in [2.05, 4.69) is 55.6 Å². The van der Waals surface area contributed by atoms with Crippen molar-refractivity contribution in [2.24, 2.45) is 0 Å². The van der Waals surface area contributed by atoms with E-state index in [0.717, 1.165) is 55.2 Å². The van der Waals surface area contributed by atoms with Crippen molar-refractivity contribution in [2.75, 3.05) is 26.4 Å². The van der Waals surface area contributed by atoms with E-state index in [1.54, 1.807) is 0 Å². The maximum atomic E-state index is 13.3. The zero-order valence-electron chi connectivity index (χ0n) is 43.9. The van der Waals surface area contributed by atoms with Gasteiger partial charge in [-0.1, -0.05) is 285 Å². The van der Waals surface area contributed by atoms with Crippen LogP contribution in [0, 0.1) is 0 Å². The minimum atomic E-state index is -4.61. The van der Waals surface area contributed by atoms with E-state index in [1.807, 2.05) is 54.6 Å². The summed E-state index contributed by atoms with van der Waals surface area (Å²) in [7, 11) is -4.61. The predicted octanol–water partition coefficient (Wildman–Crippen LogP) is 16.7. The standard InChI is InChI=1S/C60H96NO8P/c1-3-5-7-9-11-13-15-17-19-21-23-25-27-29-40-48-58(62)66-52-57(69-59(63)49-41-30-28-26-24-22-20-18-16-14-12-10-8-6-4-2)53-68-70(64,65)67-51-50-61-60(54-42-34-31-35-43-54,55-44-36-32-37-45-55)56-46-38-33-39-47-56/h31-39,42-47,57,61H,3-30,40-41,48-53H2,1-2H3,(H,64,65)/t57-/m1/s1. The Labute approximate surface area is 426 Å². The van der Waals surface area contributed by atoms with Crippen molar-refractivity contribution in [3.8, 4) is 0 Å². The van der Waals surface area contributed by atoms with Crippen molar-refractivity contribution in [2.45, 2.75) is 231 Å². The molecule has 3 rings (SSSR count). The molecule has 2 N–H and O–H groups in total. The lowest BCUT2D eigenvalue weighted by atomic mass is 9.77. The minimum absolute atomic E-state index is 0.153. The second-order valence-corrected chi connectivity index (χ2v) is 21.0. The Kier molecular flexibility index (Phi) is 35.0. The zero-order valence-corrected chi connectivity index (χ0v) is 44.8. The summed E-state index contributed by atoms with van der Waals surface area (Å²) < 4.78 is 35.5. The van der Waals surface area contributed by atoms with E-state index in [4.69, 9.17) is 18.5 Å². The van der Waals surface area contributed by atoms with E-state index in [0.29, 0.717) is 6.42 Å². The van der Waals surface area contributed by atoms with Gasteiger partial charge in [-0.05, 0) is 29.5 Å². The number of phosphoric acid groups is 1. The van der Waals surface area contributed by atoms with Crippen LogP contribution in [0.5, 0.6) is 0 Å². The van der Waals surface area contributed by atoms with Gasteiger partial charge in [-0.15, -0.1) is 0 Å². The van der Waals surface area contributed by atoms with Gasteiger partial charge in [0.25, 0.3) is 0 Å². The summed E-state index contributed by atoms with van der Waals surface area (Å²) in [6.45, 7) is 3.84. The molecule has 3 aromatic rings. The van der Waals surface area contributed by atoms with Gasteiger partial charge in [-0.3, -0.25) is 24.0 Å². The third-order valence-electron chi connectivity index (χ3n) is 13.5. The maximum absolute atomic E-state index is 13.3. The first-order chi connectivity index (χ1) is 34.3. The number of benzene rings is 3. The van der Waals surface area contributed by atoms with Crippen LogP contribution < -0.4 is 5.32 Å². The smallest absolute Gasteiger partial charge is 0.462 e. The molecule has 0 aromatic heterocycles. The Morgan fingerprint density at radius 2 is 0.800 bits per heavy atom. The average Bonchev–Trinajstić information content (AvgIpc) is 3.38. The summed E-state index contributed by atoms with van der Waals surface area (Å²) in [5.41, 5.74) is 2.22. The molecule has 0 aliphatic carbocycles. The molecule has 1 unspecified atom stereocenters. The van der Waals surface area contributed by atoms with Crippen molar-refractivity contribution >= 4 is 19.8 Å². The van der Waals surface area contributed by atoms with E-state index < -0.39 is 32.0 Å². The summed E-state index contributed by atoms with van der Waals surface area (Å²) >= 11 is 0. The largest absolute Gasteiger partial charge is 0.472 e. The Balaban J connectivity index is 1.44. The summed E-state index contributed by atoms with van der Waals surface area (Å²) in [5, 5.41) is 3.64. The molecular formula is C60H96NO8P. The zero-order chi connectivity index (χ0) is 50.1. The summed E-state index contributed by atoms with van der Waals surface area (Å²) in [6, 6.07) is 30.2. The van der Waals surface area contributed by atoms with E-state index in [-0.39, 0.29) is 38.6 Å². The molecular weight excluding hydrogens is 894 g/mol. The highest BCUT2D eigenvalue weighted by atomic mass is 31.2. The van der Waals surface area contributed by atoms with E-state index in [1.165, 1.54) is 148 Å². The highest BCUT2D eigenvalue weighted by molar-refractivity contribution is 7.47. The van der Waals surface area contributed by atoms with Crippen LogP contribution in [0.4, 0.5) is 0 Å². The molecule has 0 heterocycles. The molecule has 0 saturated heterocycles. The van der Waals surface area contributed by atoms with Gasteiger partial charge in [0, 0.05) is 19.4 Å². The van der Waals surface area contributed by atoms with Crippen molar-refractivity contribution in [1.82, 2.24) is 5.32 Å². The molecule has 2 atom stereocenters. The number of unbranched alkanes of at least 4 members (excludes halogenated alkanes) is 28. The fourth-order valence-electron chi connectivity index (χ4n) is 9.39. The number of phosphoric ester groups is 1. The molecule has 394 valence electrons. The summed E-state index contributed by atoms with van der Waals surface area (Å²) in [6.07, 6.45) is 36.5. The number of carbonyl (C=O) groups is 2. The number of hydrogen-bond donors (Lipinski definition) is 2. The van der Waals surface area contributed by atoms with Gasteiger partial charge in [-0.25, -0.2) is 4.57 Å². The second-order valence-electron chi connectivity index (χ2n) is 19.6. The first kappa shape index (κ1) is 61.0. The van der Waals surface area contributed by atoms with Crippen molar-refractivity contribution in [3.63, 3.8) is 0 Å². The quantitative estimate of drug-likeness (QED) is 0.0247. The number of rotatable bonds is 46. The molecule has 9 nitrogen and oxygen atoms in total.